The van der Waals surface area contributed by atoms with Gasteiger partial charge in [-0.3, -0.25) is 0 Å². The number of hydrogen-bond donors (Lipinski definition) is 1. The van der Waals surface area contributed by atoms with Gasteiger partial charge in [0.2, 0.25) is 0 Å². The summed E-state index contributed by atoms with van der Waals surface area (Å²) in [7, 11) is 0. The predicted molar refractivity (Wildman–Crippen MR) is 64.2 cm³/mol. The van der Waals surface area contributed by atoms with E-state index in [9.17, 15) is 0 Å². The van der Waals surface area contributed by atoms with Gasteiger partial charge in [-0.15, -0.1) is 0 Å². The molecule has 0 aliphatic heterocycles. The van der Waals surface area contributed by atoms with Crippen molar-refractivity contribution in [1.29, 1.82) is 0 Å². The Bertz CT molecular complexity index is 302. The van der Waals surface area contributed by atoms with Crippen molar-refractivity contribution in [1.82, 2.24) is 5.32 Å². The number of para-hydroxylation sites is 1. The fourth-order valence-corrected chi connectivity index (χ4v) is 1.31. The lowest BCUT2D eigenvalue weighted by atomic mass is 10.1. The summed E-state index contributed by atoms with van der Waals surface area (Å²) < 4.78 is 5.56. The first-order valence-corrected chi connectivity index (χ1v) is 5.48. The van der Waals surface area contributed by atoms with E-state index < -0.39 is 0 Å². The average molecular weight is 207 g/mol. The zero-order valence-electron chi connectivity index (χ0n) is 10.1. The Balaban J connectivity index is 2.67. The summed E-state index contributed by atoms with van der Waals surface area (Å²) in [6.45, 7) is 10.1. The Morgan fingerprint density at radius 3 is 2.47 bits per heavy atom. The molecule has 0 atom stereocenters. The van der Waals surface area contributed by atoms with Crippen LogP contribution >= 0.6 is 0 Å². The molecule has 1 aromatic carbocycles. The van der Waals surface area contributed by atoms with E-state index in [2.05, 4.69) is 32.2 Å². The summed E-state index contributed by atoms with van der Waals surface area (Å²) in [6, 6.07) is 8.17. The van der Waals surface area contributed by atoms with Gasteiger partial charge in [-0.25, -0.2) is 0 Å². The van der Waals surface area contributed by atoms with Gasteiger partial charge in [0.15, 0.2) is 0 Å². The van der Waals surface area contributed by atoms with Crippen molar-refractivity contribution < 1.29 is 4.74 Å². The zero-order valence-corrected chi connectivity index (χ0v) is 10.1. The van der Waals surface area contributed by atoms with Gasteiger partial charge in [-0.05, 0) is 33.8 Å². The normalized spacial score (nSPS) is 11.5. The fraction of sp³-hybridized carbons (Fsp3) is 0.538. The van der Waals surface area contributed by atoms with E-state index in [1.807, 2.05) is 25.1 Å². The lowest BCUT2D eigenvalue weighted by molar-refractivity contribution is 0.332. The number of nitrogens with one attached hydrogen (secondary N) is 1. The van der Waals surface area contributed by atoms with Crippen LogP contribution in [0.3, 0.4) is 0 Å². The fourth-order valence-electron chi connectivity index (χ4n) is 1.31. The van der Waals surface area contributed by atoms with Crippen LogP contribution in [0.1, 0.15) is 33.3 Å². The summed E-state index contributed by atoms with van der Waals surface area (Å²) in [4.78, 5) is 0. The molecule has 15 heavy (non-hydrogen) atoms. The Morgan fingerprint density at radius 2 is 1.87 bits per heavy atom. The second-order valence-corrected chi connectivity index (χ2v) is 4.64. The third kappa shape index (κ3) is 4.34. The van der Waals surface area contributed by atoms with Crippen molar-refractivity contribution in [3.05, 3.63) is 29.8 Å². The molecule has 0 heterocycles. The molecule has 0 spiro atoms. The molecule has 0 aliphatic carbocycles. The highest BCUT2D eigenvalue weighted by molar-refractivity contribution is 5.33. The van der Waals surface area contributed by atoms with E-state index in [4.69, 9.17) is 4.74 Å². The van der Waals surface area contributed by atoms with Crippen LogP contribution in [-0.4, -0.2) is 12.1 Å². The summed E-state index contributed by atoms with van der Waals surface area (Å²) in [5.74, 6) is 0.983. The monoisotopic (exact) mass is 207 g/mol. The third-order valence-electron chi connectivity index (χ3n) is 2.08. The number of rotatable bonds is 4. The van der Waals surface area contributed by atoms with Crippen LogP contribution in [0.4, 0.5) is 0 Å². The van der Waals surface area contributed by atoms with Gasteiger partial charge in [0.1, 0.15) is 5.75 Å². The second kappa shape index (κ2) is 5.17. The molecule has 0 amide bonds. The number of hydrogen-bond acceptors (Lipinski definition) is 2. The lowest BCUT2D eigenvalue weighted by Gasteiger charge is -2.21. The largest absolute Gasteiger partial charge is 0.494 e. The molecule has 0 fully saturated rings. The number of benzene rings is 1. The highest BCUT2D eigenvalue weighted by Crippen LogP contribution is 2.18. The molecule has 2 nitrogen and oxygen atoms in total. The molecule has 0 aliphatic rings. The van der Waals surface area contributed by atoms with E-state index in [0.29, 0.717) is 6.61 Å². The van der Waals surface area contributed by atoms with Crippen molar-refractivity contribution in [2.75, 3.05) is 6.61 Å². The average Bonchev–Trinajstić information content (AvgIpc) is 2.16. The SMILES string of the molecule is CCOc1ccccc1CNC(C)(C)C. The Hall–Kier alpha value is -1.02. The minimum atomic E-state index is 0.138. The topological polar surface area (TPSA) is 21.3 Å². The molecule has 1 rings (SSSR count). The molecule has 1 aromatic rings. The van der Waals surface area contributed by atoms with Gasteiger partial charge in [0.25, 0.3) is 0 Å². The van der Waals surface area contributed by atoms with E-state index in [-0.39, 0.29) is 5.54 Å². The molecule has 1 N–H and O–H groups in total. The Labute approximate surface area is 92.6 Å². The summed E-state index contributed by atoms with van der Waals surface area (Å²) >= 11 is 0. The van der Waals surface area contributed by atoms with Gasteiger partial charge >= 0.3 is 0 Å². The van der Waals surface area contributed by atoms with Gasteiger partial charge < -0.3 is 10.1 Å². The maximum atomic E-state index is 5.56. The third-order valence-corrected chi connectivity index (χ3v) is 2.08. The van der Waals surface area contributed by atoms with Crippen molar-refractivity contribution in [3.63, 3.8) is 0 Å². The van der Waals surface area contributed by atoms with Crippen molar-refractivity contribution in [3.8, 4) is 5.75 Å². The number of ether oxygens (including phenoxy) is 1. The summed E-state index contributed by atoms with van der Waals surface area (Å²) in [5.41, 5.74) is 1.36. The van der Waals surface area contributed by atoms with E-state index >= 15 is 0 Å². The van der Waals surface area contributed by atoms with Crippen LogP contribution in [0.5, 0.6) is 5.75 Å². The standard InChI is InChI=1S/C13H21NO/c1-5-15-12-9-7-6-8-11(12)10-14-13(2,3)4/h6-9,14H,5,10H2,1-4H3. The quantitative estimate of drug-likeness (QED) is 0.819. The first kappa shape index (κ1) is 12.1. The first-order valence-electron chi connectivity index (χ1n) is 5.48. The van der Waals surface area contributed by atoms with Crippen LogP contribution in [-0.2, 0) is 6.54 Å². The van der Waals surface area contributed by atoms with Gasteiger partial charge in [-0.1, -0.05) is 18.2 Å². The second-order valence-electron chi connectivity index (χ2n) is 4.64. The van der Waals surface area contributed by atoms with E-state index in [1.54, 1.807) is 0 Å². The van der Waals surface area contributed by atoms with Crippen molar-refractivity contribution in [2.24, 2.45) is 0 Å². The highest BCUT2D eigenvalue weighted by Gasteiger charge is 2.10. The molecule has 0 saturated carbocycles. The van der Waals surface area contributed by atoms with Gasteiger partial charge in [0, 0.05) is 17.6 Å². The van der Waals surface area contributed by atoms with Crippen LogP contribution in [0.2, 0.25) is 0 Å². The minimum absolute atomic E-state index is 0.138. The van der Waals surface area contributed by atoms with E-state index in [1.165, 1.54) is 5.56 Å². The molecule has 84 valence electrons. The van der Waals surface area contributed by atoms with Crippen molar-refractivity contribution in [2.45, 2.75) is 39.8 Å². The molecule has 0 saturated heterocycles. The first-order chi connectivity index (χ1) is 7.03. The summed E-state index contributed by atoms with van der Waals surface area (Å²) in [5, 5.41) is 3.46. The van der Waals surface area contributed by atoms with Crippen LogP contribution in [0, 0.1) is 0 Å². The lowest BCUT2D eigenvalue weighted by Crippen LogP contribution is -2.35. The molecule has 0 radical (unpaired) electrons. The highest BCUT2D eigenvalue weighted by atomic mass is 16.5. The summed E-state index contributed by atoms with van der Waals surface area (Å²) in [6.07, 6.45) is 0. The zero-order chi connectivity index (χ0) is 11.3. The van der Waals surface area contributed by atoms with E-state index in [0.717, 1.165) is 12.3 Å². The predicted octanol–water partition coefficient (Wildman–Crippen LogP) is 2.97. The van der Waals surface area contributed by atoms with Crippen LogP contribution in [0.15, 0.2) is 24.3 Å². The molecule has 0 unspecified atom stereocenters. The molecule has 2 heteroatoms. The Kier molecular flexibility index (Phi) is 4.15. The van der Waals surface area contributed by atoms with Crippen molar-refractivity contribution >= 4 is 0 Å². The molecule has 0 aromatic heterocycles. The van der Waals surface area contributed by atoms with Gasteiger partial charge in [0.05, 0.1) is 6.61 Å². The minimum Gasteiger partial charge on any atom is -0.494 e. The van der Waals surface area contributed by atoms with Crippen LogP contribution < -0.4 is 10.1 Å². The maximum absolute atomic E-state index is 5.56. The molecular formula is C13H21NO. The maximum Gasteiger partial charge on any atom is 0.123 e. The Morgan fingerprint density at radius 1 is 1.20 bits per heavy atom. The van der Waals surface area contributed by atoms with Gasteiger partial charge in [-0.2, -0.15) is 0 Å². The van der Waals surface area contributed by atoms with Crippen LogP contribution in [0.25, 0.3) is 0 Å². The molecule has 0 bridgehead atoms. The molecular weight excluding hydrogens is 186 g/mol. The smallest absolute Gasteiger partial charge is 0.123 e.